The predicted octanol–water partition coefficient (Wildman–Crippen LogP) is 5.01. The molecule has 1 N–H and O–H groups in total. The SMILES string of the molecule is CCOc1cc(/C=C(\C#N)C(=O)NCc2ccco2)ccc1OCCOc1ccccc1Cl. The lowest BCUT2D eigenvalue weighted by atomic mass is 10.1. The molecule has 0 radical (unpaired) electrons. The summed E-state index contributed by atoms with van der Waals surface area (Å²) in [7, 11) is 0. The molecule has 0 spiro atoms. The summed E-state index contributed by atoms with van der Waals surface area (Å²) < 4.78 is 22.3. The standard InChI is InChI=1S/C25H23ClN2O5/c1-2-30-24-15-18(14-19(16-27)25(29)28-17-20-6-5-11-31-20)9-10-23(24)33-13-12-32-22-8-4-3-7-21(22)26/h3-11,14-15H,2,12-13,17H2,1H3,(H,28,29)/b19-14+. The Hall–Kier alpha value is -3.89. The average molecular weight is 467 g/mol. The molecule has 0 saturated heterocycles. The van der Waals surface area contributed by atoms with Gasteiger partial charge < -0.3 is 23.9 Å². The molecular weight excluding hydrogens is 444 g/mol. The van der Waals surface area contributed by atoms with Crippen LogP contribution in [-0.4, -0.2) is 25.7 Å². The highest BCUT2D eigenvalue weighted by molar-refractivity contribution is 6.32. The van der Waals surface area contributed by atoms with E-state index in [1.165, 1.54) is 12.3 Å². The van der Waals surface area contributed by atoms with Crippen molar-refractivity contribution in [2.45, 2.75) is 13.5 Å². The van der Waals surface area contributed by atoms with Gasteiger partial charge in [-0.05, 0) is 55.0 Å². The molecule has 0 aliphatic heterocycles. The minimum Gasteiger partial charge on any atom is -0.490 e. The number of carbonyl (C=O) groups excluding carboxylic acids is 1. The van der Waals surface area contributed by atoms with E-state index in [0.717, 1.165) is 0 Å². The topological polar surface area (TPSA) is 93.7 Å². The van der Waals surface area contributed by atoms with Crippen LogP contribution < -0.4 is 19.5 Å². The number of ether oxygens (including phenoxy) is 3. The first-order valence-electron chi connectivity index (χ1n) is 10.3. The minimum atomic E-state index is -0.496. The van der Waals surface area contributed by atoms with Gasteiger partial charge in [-0.15, -0.1) is 0 Å². The fourth-order valence-electron chi connectivity index (χ4n) is 2.86. The normalized spacial score (nSPS) is 10.9. The fourth-order valence-corrected chi connectivity index (χ4v) is 3.05. The van der Waals surface area contributed by atoms with Crippen molar-refractivity contribution in [2.75, 3.05) is 19.8 Å². The number of rotatable bonds is 11. The molecule has 7 nitrogen and oxygen atoms in total. The van der Waals surface area contributed by atoms with E-state index in [0.29, 0.717) is 46.8 Å². The van der Waals surface area contributed by atoms with Gasteiger partial charge in [-0.25, -0.2) is 0 Å². The smallest absolute Gasteiger partial charge is 0.262 e. The quantitative estimate of drug-likeness (QED) is 0.242. The highest BCUT2D eigenvalue weighted by atomic mass is 35.5. The Morgan fingerprint density at radius 3 is 2.55 bits per heavy atom. The molecule has 170 valence electrons. The molecule has 0 aliphatic rings. The summed E-state index contributed by atoms with van der Waals surface area (Å²) >= 11 is 6.08. The lowest BCUT2D eigenvalue weighted by Gasteiger charge is -2.13. The largest absolute Gasteiger partial charge is 0.490 e. The number of carbonyl (C=O) groups is 1. The van der Waals surface area contributed by atoms with Crippen LogP contribution in [0.2, 0.25) is 5.02 Å². The van der Waals surface area contributed by atoms with Crippen LogP contribution in [0.4, 0.5) is 0 Å². The van der Waals surface area contributed by atoms with Crippen molar-refractivity contribution in [2.24, 2.45) is 0 Å². The molecule has 1 amide bonds. The lowest BCUT2D eigenvalue weighted by molar-refractivity contribution is -0.117. The molecule has 1 aromatic heterocycles. The number of hydrogen-bond donors (Lipinski definition) is 1. The highest BCUT2D eigenvalue weighted by Crippen LogP contribution is 2.30. The van der Waals surface area contributed by atoms with Gasteiger partial charge in [0.25, 0.3) is 5.91 Å². The summed E-state index contributed by atoms with van der Waals surface area (Å²) in [4.78, 5) is 12.3. The van der Waals surface area contributed by atoms with Gasteiger partial charge in [0.15, 0.2) is 11.5 Å². The second kappa shape index (κ2) is 12.2. The van der Waals surface area contributed by atoms with Crippen molar-refractivity contribution in [1.82, 2.24) is 5.32 Å². The van der Waals surface area contributed by atoms with E-state index < -0.39 is 5.91 Å². The van der Waals surface area contributed by atoms with Crippen LogP contribution in [0.25, 0.3) is 6.08 Å². The van der Waals surface area contributed by atoms with Crippen molar-refractivity contribution < 1.29 is 23.4 Å². The number of halogens is 1. The molecule has 1 heterocycles. The molecule has 0 saturated carbocycles. The second-order valence-electron chi connectivity index (χ2n) is 6.70. The van der Waals surface area contributed by atoms with Crippen LogP contribution in [0.1, 0.15) is 18.2 Å². The summed E-state index contributed by atoms with van der Waals surface area (Å²) in [5.41, 5.74) is 0.591. The third-order valence-electron chi connectivity index (χ3n) is 4.38. The zero-order valence-electron chi connectivity index (χ0n) is 18.0. The van der Waals surface area contributed by atoms with E-state index in [4.69, 9.17) is 30.2 Å². The molecule has 0 bridgehead atoms. The Morgan fingerprint density at radius 2 is 1.85 bits per heavy atom. The molecule has 3 aromatic rings. The van der Waals surface area contributed by atoms with Gasteiger partial charge in [-0.2, -0.15) is 5.26 Å². The van der Waals surface area contributed by atoms with Crippen molar-refractivity contribution >= 4 is 23.6 Å². The molecule has 8 heteroatoms. The van der Waals surface area contributed by atoms with Gasteiger partial charge in [-0.3, -0.25) is 4.79 Å². The van der Waals surface area contributed by atoms with Crippen LogP contribution in [-0.2, 0) is 11.3 Å². The third kappa shape index (κ3) is 7.06. The van der Waals surface area contributed by atoms with Gasteiger partial charge in [0, 0.05) is 0 Å². The zero-order valence-corrected chi connectivity index (χ0v) is 18.8. The summed E-state index contributed by atoms with van der Waals surface area (Å²) in [6.45, 7) is 3.05. The average Bonchev–Trinajstić information content (AvgIpc) is 3.35. The van der Waals surface area contributed by atoms with Gasteiger partial charge in [0.05, 0.1) is 24.4 Å². The Bertz CT molecular complexity index is 1140. The number of furan rings is 1. The van der Waals surface area contributed by atoms with Crippen molar-refractivity contribution in [3.63, 3.8) is 0 Å². The Labute approximate surface area is 197 Å². The number of hydrogen-bond acceptors (Lipinski definition) is 6. The van der Waals surface area contributed by atoms with E-state index in [2.05, 4.69) is 5.32 Å². The van der Waals surface area contributed by atoms with Crippen LogP contribution in [0.5, 0.6) is 17.2 Å². The molecule has 0 fully saturated rings. The number of para-hydroxylation sites is 1. The fraction of sp³-hybridized carbons (Fsp3) is 0.200. The molecule has 0 unspecified atom stereocenters. The maximum absolute atomic E-state index is 12.3. The van der Waals surface area contributed by atoms with Crippen molar-refractivity contribution in [3.8, 4) is 23.3 Å². The van der Waals surface area contributed by atoms with Crippen LogP contribution in [0.3, 0.4) is 0 Å². The molecule has 3 rings (SSSR count). The van der Waals surface area contributed by atoms with Gasteiger partial charge in [0.1, 0.15) is 36.4 Å². The van der Waals surface area contributed by atoms with Gasteiger partial charge >= 0.3 is 0 Å². The first kappa shape index (κ1) is 23.8. The third-order valence-corrected chi connectivity index (χ3v) is 4.69. The van der Waals surface area contributed by atoms with Crippen LogP contribution >= 0.6 is 11.6 Å². The molecule has 0 atom stereocenters. The molecule has 0 aliphatic carbocycles. The number of amides is 1. The first-order valence-corrected chi connectivity index (χ1v) is 10.7. The maximum Gasteiger partial charge on any atom is 0.262 e. The number of benzene rings is 2. The van der Waals surface area contributed by atoms with E-state index >= 15 is 0 Å². The summed E-state index contributed by atoms with van der Waals surface area (Å²) in [6.07, 6.45) is 3.01. The molecular formula is C25H23ClN2O5. The molecule has 33 heavy (non-hydrogen) atoms. The minimum absolute atomic E-state index is 0.0363. The number of nitrogens with one attached hydrogen (secondary N) is 1. The van der Waals surface area contributed by atoms with E-state index in [9.17, 15) is 10.1 Å². The molecule has 2 aromatic carbocycles. The number of nitriles is 1. The number of nitrogens with zero attached hydrogens (tertiary/aromatic N) is 1. The lowest BCUT2D eigenvalue weighted by Crippen LogP contribution is -2.23. The maximum atomic E-state index is 12.3. The van der Waals surface area contributed by atoms with Gasteiger partial charge in [0.2, 0.25) is 0 Å². The Kier molecular flexibility index (Phi) is 8.80. The Balaban J connectivity index is 1.63. The summed E-state index contributed by atoms with van der Waals surface area (Å²) in [5.74, 6) is 1.71. The second-order valence-corrected chi connectivity index (χ2v) is 7.11. The predicted molar refractivity (Wildman–Crippen MR) is 124 cm³/mol. The van der Waals surface area contributed by atoms with Crippen molar-refractivity contribution in [3.05, 3.63) is 82.8 Å². The zero-order chi connectivity index (χ0) is 23.5. The Morgan fingerprint density at radius 1 is 1.06 bits per heavy atom. The first-order chi connectivity index (χ1) is 16.1. The van der Waals surface area contributed by atoms with E-state index in [1.54, 1.807) is 42.5 Å². The summed E-state index contributed by atoms with van der Waals surface area (Å²) in [5, 5.41) is 12.6. The van der Waals surface area contributed by atoms with Crippen LogP contribution in [0.15, 0.2) is 70.9 Å². The van der Waals surface area contributed by atoms with E-state index in [1.807, 2.05) is 25.1 Å². The van der Waals surface area contributed by atoms with E-state index in [-0.39, 0.29) is 18.7 Å². The summed E-state index contributed by atoms with van der Waals surface area (Å²) in [6, 6.07) is 17.8. The highest BCUT2D eigenvalue weighted by Gasteiger charge is 2.12. The van der Waals surface area contributed by atoms with Crippen molar-refractivity contribution in [1.29, 1.82) is 5.26 Å². The van der Waals surface area contributed by atoms with Crippen LogP contribution in [0, 0.1) is 11.3 Å². The monoisotopic (exact) mass is 466 g/mol. The van der Waals surface area contributed by atoms with Gasteiger partial charge in [-0.1, -0.05) is 29.8 Å².